The van der Waals surface area contributed by atoms with E-state index >= 15 is 0 Å². The highest BCUT2D eigenvalue weighted by Crippen LogP contribution is 2.16. The van der Waals surface area contributed by atoms with Crippen molar-refractivity contribution in [3.05, 3.63) is 0 Å². The zero-order valence-electron chi connectivity index (χ0n) is 29.8. The molecule has 1 amide bonds. The Bertz CT molecular complexity index is 480. The number of nitrogens with zero attached hydrogens (tertiary/aromatic N) is 1. The van der Waals surface area contributed by atoms with Crippen LogP contribution >= 0.6 is 0 Å². The predicted octanol–water partition coefficient (Wildman–Crippen LogP) is 14.1. The highest BCUT2D eigenvalue weighted by molar-refractivity contribution is 5.76. The molecule has 0 atom stereocenters. The van der Waals surface area contributed by atoms with E-state index in [0.717, 1.165) is 25.9 Å². The molecule has 252 valence electrons. The van der Waals surface area contributed by atoms with Crippen LogP contribution in [0.15, 0.2) is 0 Å². The Hall–Kier alpha value is -0.530. The molecule has 0 heterocycles. The van der Waals surface area contributed by atoms with E-state index in [1.54, 1.807) is 0 Å². The van der Waals surface area contributed by atoms with Crippen molar-refractivity contribution in [2.45, 2.75) is 239 Å². The van der Waals surface area contributed by atoms with E-state index in [9.17, 15) is 4.79 Å². The summed E-state index contributed by atoms with van der Waals surface area (Å²) in [6.45, 7) is 8.90. The van der Waals surface area contributed by atoms with E-state index in [0.29, 0.717) is 5.91 Å². The summed E-state index contributed by atoms with van der Waals surface area (Å²) in [5.74, 6) is 0.449. The number of hydrogen-bond donors (Lipinski definition) is 0. The lowest BCUT2D eigenvalue weighted by Crippen LogP contribution is -2.32. The SMILES string of the molecule is CCCCCCCCCCCCCCCC(=O)N(CCCCCCCCCCCC)CCCCCCCCCCCC. The molecule has 0 fully saturated rings. The lowest BCUT2D eigenvalue weighted by molar-refractivity contribution is -0.131. The average molecular weight is 592 g/mol. The topological polar surface area (TPSA) is 20.3 Å². The second-order valence-electron chi connectivity index (χ2n) is 13.7. The van der Waals surface area contributed by atoms with Crippen LogP contribution in [0.5, 0.6) is 0 Å². The van der Waals surface area contributed by atoms with Gasteiger partial charge in [0.05, 0.1) is 0 Å². The van der Waals surface area contributed by atoms with Gasteiger partial charge < -0.3 is 4.90 Å². The van der Waals surface area contributed by atoms with Crippen LogP contribution in [0.3, 0.4) is 0 Å². The molecule has 42 heavy (non-hydrogen) atoms. The average Bonchev–Trinajstić information content (AvgIpc) is 3.00. The Morgan fingerprint density at radius 3 is 0.786 bits per heavy atom. The van der Waals surface area contributed by atoms with Gasteiger partial charge in [0.25, 0.3) is 0 Å². The van der Waals surface area contributed by atoms with Crippen molar-refractivity contribution in [2.24, 2.45) is 0 Å². The van der Waals surface area contributed by atoms with Crippen molar-refractivity contribution in [3.8, 4) is 0 Å². The molecule has 2 heteroatoms. The van der Waals surface area contributed by atoms with E-state index < -0.39 is 0 Å². The van der Waals surface area contributed by atoms with Gasteiger partial charge in [-0.15, -0.1) is 0 Å². The number of unbranched alkanes of at least 4 members (excludes halogenated alkanes) is 30. The molecule has 0 aliphatic rings. The Labute approximate surface area is 267 Å². The van der Waals surface area contributed by atoms with E-state index in [2.05, 4.69) is 25.7 Å². The summed E-state index contributed by atoms with van der Waals surface area (Å²) in [6.07, 6.45) is 45.9. The monoisotopic (exact) mass is 592 g/mol. The zero-order valence-corrected chi connectivity index (χ0v) is 29.8. The Morgan fingerprint density at radius 2 is 0.524 bits per heavy atom. The second kappa shape index (κ2) is 36.7. The van der Waals surface area contributed by atoms with Gasteiger partial charge in [-0.25, -0.2) is 0 Å². The number of amides is 1. The van der Waals surface area contributed by atoms with E-state index in [1.807, 2.05) is 0 Å². The van der Waals surface area contributed by atoms with Crippen molar-refractivity contribution in [1.82, 2.24) is 4.90 Å². The van der Waals surface area contributed by atoms with Crippen LogP contribution in [-0.4, -0.2) is 23.9 Å². The lowest BCUT2D eigenvalue weighted by Gasteiger charge is -2.23. The van der Waals surface area contributed by atoms with Crippen LogP contribution < -0.4 is 0 Å². The minimum absolute atomic E-state index is 0.449. The van der Waals surface area contributed by atoms with Crippen LogP contribution in [0.1, 0.15) is 239 Å². The van der Waals surface area contributed by atoms with E-state index in [1.165, 1.54) is 205 Å². The summed E-state index contributed by atoms with van der Waals surface area (Å²) >= 11 is 0. The molecule has 0 aromatic heterocycles. The van der Waals surface area contributed by atoms with Gasteiger partial charge in [0, 0.05) is 19.5 Å². The Kier molecular flexibility index (Phi) is 36.2. The van der Waals surface area contributed by atoms with E-state index in [-0.39, 0.29) is 0 Å². The fraction of sp³-hybridized carbons (Fsp3) is 0.975. The largest absolute Gasteiger partial charge is 0.343 e. The third kappa shape index (κ3) is 32.4. The summed E-state index contributed by atoms with van der Waals surface area (Å²) < 4.78 is 0. The van der Waals surface area contributed by atoms with Gasteiger partial charge in [0.1, 0.15) is 0 Å². The van der Waals surface area contributed by atoms with E-state index in [4.69, 9.17) is 0 Å². The molecule has 0 N–H and O–H groups in total. The Morgan fingerprint density at radius 1 is 0.310 bits per heavy atom. The highest BCUT2D eigenvalue weighted by atomic mass is 16.2. The first kappa shape index (κ1) is 41.5. The van der Waals surface area contributed by atoms with Gasteiger partial charge in [-0.2, -0.15) is 0 Å². The molecular formula is C40H81NO. The summed E-state index contributed by atoms with van der Waals surface area (Å²) in [4.78, 5) is 15.4. The van der Waals surface area contributed by atoms with Crippen LogP contribution in [0.25, 0.3) is 0 Å². The fourth-order valence-electron chi connectivity index (χ4n) is 6.39. The second-order valence-corrected chi connectivity index (χ2v) is 13.7. The quantitative estimate of drug-likeness (QED) is 0.0663. The smallest absolute Gasteiger partial charge is 0.222 e. The van der Waals surface area contributed by atoms with Crippen molar-refractivity contribution >= 4 is 5.91 Å². The van der Waals surface area contributed by atoms with Crippen LogP contribution in [0.4, 0.5) is 0 Å². The van der Waals surface area contributed by atoms with Gasteiger partial charge >= 0.3 is 0 Å². The summed E-state index contributed by atoms with van der Waals surface area (Å²) in [6, 6.07) is 0. The third-order valence-electron chi connectivity index (χ3n) is 9.41. The maximum Gasteiger partial charge on any atom is 0.222 e. The molecule has 0 saturated carbocycles. The van der Waals surface area contributed by atoms with Gasteiger partial charge in [-0.3, -0.25) is 4.79 Å². The number of hydrogen-bond acceptors (Lipinski definition) is 1. The molecule has 0 unspecified atom stereocenters. The highest BCUT2D eigenvalue weighted by Gasteiger charge is 2.12. The molecule has 0 saturated heterocycles. The molecule has 0 aromatic rings. The molecule has 0 rings (SSSR count). The molecule has 0 aliphatic heterocycles. The number of carbonyl (C=O) groups excluding carboxylic acids is 1. The number of rotatable bonds is 36. The maximum atomic E-state index is 13.2. The normalized spacial score (nSPS) is 11.4. The van der Waals surface area contributed by atoms with Crippen molar-refractivity contribution in [3.63, 3.8) is 0 Å². The third-order valence-corrected chi connectivity index (χ3v) is 9.41. The van der Waals surface area contributed by atoms with Crippen molar-refractivity contribution in [2.75, 3.05) is 13.1 Å². The van der Waals surface area contributed by atoms with Gasteiger partial charge in [-0.1, -0.05) is 213 Å². The summed E-state index contributed by atoms with van der Waals surface area (Å²) in [7, 11) is 0. The first-order valence-corrected chi connectivity index (χ1v) is 20.0. The minimum atomic E-state index is 0.449. The van der Waals surface area contributed by atoms with Crippen molar-refractivity contribution in [1.29, 1.82) is 0 Å². The van der Waals surface area contributed by atoms with Crippen LogP contribution in [0, 0.1) is 0 Å². The molecule has 0 bridgehead atoms. The van der Waals surface area contributed by atoms with Crippen LogP contribution in [-0.2, 0) is 4.79 Å². The van der Waals surface area contributed by atoms with Crippen molar-refractivity contribution < 1.29 is 4.79 Å². The standard InChI is InChI=1S/C40H81NO/c1-4-7-10-13-16-19-22-23-24-25-28-31-34-37-40(42)41(38-35-32-29-26-20-17-14-11-8-5-2)39-36-33-30-27-21-18-15-12-9-6-3/h4-39H2,1-3H3. The minimum Gasteiger partial charge on any atom is -0.343 e. The van der Waals surface area contributed by atoms with Gasteiger partial charge in [-0.05, 0) is 19.3 Å². The summed E-state index contributed by atoms with van der Waals surface area (Å²) in [5, 5.41) is 0. The molecule has 2 nitrogen and oxygen atoms in total. The maximum absolute atomic E-state index is 13.2. The molecule has 0 spiro atoms. The lowest BCUT2D eigenvalue weighted by atomic mass is 10.0. The number of carbonyl (C=O) groups is 1. The fourth-order valence-corrected chi connectivity index (χ4v) is 6.39. The predicted molar refractivity (Wildman–Crippen MR) is 191 cm³/mol. The molecular weight excluding hydrogens is 510 g/mol. The first-order chi connectivity index (χ1) is 20.8. The molecule has 0 aromatic carbocycles. The summed E-state index contributed by atoms with van der Waals surface area (Å²) in [5.41, 5.74) is 0. The molecule has 0 radical (unpaired) electrons. The van der Waals surface area contributed by atoms with Crippen LogP contribution in [0.2, 0.25) is 0 Å². The molecule has 0 aliphatic carbocycles. The zero-order chi connectivity index (χ0) is 30.6. The Balaban J connectivity index is 4.03. The van der Waals surface area contributed by atoms with Gasteiger partial charge in [0.15, 0.2) is 0 Å². The first-order valence-electron chi connectivity index (χ1n) is 20.0. The van der Waals surface area contributed by atoms with Gasteiger partial charge in [0.2, 0.25) is 5.91 Å².